The van der Waals surface area contributed by atoms with E-state index in [-0.39, 0.29) is 11.4 Å². The molecular weight excluding hydrogens is 246 g/mol. The quantitative estimate of drug-likeness (QED) is 0.863. The van der Waals surface area contributed by atoms with E-state index in [1.54, 1.807) is 0 Å². The fourth-order valence-corrected chi connectivity index (χ4v) is 3.09. The molecule has 0 aliphatic carbocycles. The Morgan fingerprint density at radius 3 is 2.56 bits per heavy atom. The molecule has 0 unspecified atom stereocenters. The first-order valence-electron chi connectivity index (χ1n) is 6.22. The van der Waals surface area contributed by atoms with E-state index in [0.29, 0.717) is 17.5 Å². The van der Waals surface area contributed by atoms with Crippen molar-refractivity contribution in [1.29, 1.82) is 0 Å². The second kappa shape index (κ2) is 5.69. The first-order valence-corrected chi connectivity index (χ1v) is 7.04. The number of nitrogens with one attached hydrogen (secondary N) is 1. The van der Waals surface area contributed by atoms with Gasteiger partial charge in [0.05, 0.1) is 12.1 Å². The fourth-order valence-electron chi connectivity index (χ4n) is 2.25. The highest BCUT2D eigenvalue weighted by molar-refractivity contribution is 7.15. The molecule has 4 nitrogen and oxygen atoms in total. The summed E-state index contributed by atoms with van der Waals surface area (Å²) in [6.07, 6.45) is 1.32. The highest BCUT2D eigenvalue weighted by Crippen LogP contribution is 2.21. The highest BCUT2D eigenvalue weighted by Gasteiger charge is 2.22. The lowest BCUT2D eigenvalue weighted by atomic mass is 9.92. The van der Waals surface area contributed by atoms with Crippen LogP contribution in [0.1, 0.15) is 44.7 Å². The third kappa shape index (κ3) is 4.64. The second-order valence-electron chi connectivity index (χ2n) is 5.77. The van der Waals surface area contributed by atoms with Gasteiger partial charge in [0.25, 0.3) is 0 Å². The van der Waals surface area contributed by atoms with E-state index in [1.807, 2.05) is 6.92 Å². The Labute approximate surface area is 113 Å². The molecule has 0 saturated heterocycles. The molecule has 0 bridgehead atoms. The second-order valence-corrected chi connectivity index (χ2v) is 6.88. The maximum absolute atomic E-state index is 12.0. The SMILES string of the molecule is Cc1nc(N)sc1CC(=O)NC(C)(C)CC(C)C. The molecule has 1 rings (SSSR count). The Kier molecular flexibility index (Phi) is 4.73. The van der Waals surface area contributed by atoms with Crippen molar-refractivity contribution in [2.75, 3.05) is 5.73 Å². The Morgan fingerprint density at radius 1 is 1.50 bits per heavy atom. The van der Waals surface area contributed by atoms with Crippen LogP contribution in [-0.4, -0.2) is 16.4 Å². The zero-order chi connectivity index (χ0) is 13.9. The minimum Gasteiger partial charge on any atom is -0.375 e. The third-order valence-corrected chi connectivity index (χ3v) is 3.61. The van der Waals surface area contributed by atoms with Crippen LogP contribution in [0.5, 0.6) is 0 Å². The molecule has 0 saturated carbocycles. The van der Waals surface area contributed by atoms with Crippen LogP contribution in [0.2, 0.25) is 0 Å². The Hall–Kier alpha value is -1.10. The molecule has 3 N–H and O–H groups in total. The van der Waals surface area contributed by atoms with Crippen molar-refractivity contribution in [3.05, 3.63) is 10.6 Å². The molecular formula is C13H23N3OS. The molecule has 5 heteroatoms. The highest BCUT2D eigenvalue weighted by atomic mass is 32.1. The molecule has 0 radical (unpaired) electrons. The van der Waals surface area contributed by atoms with Crippen molar-refractivity contribution >= 4 is 22.4 Å². The Morgan fingerprint density at radius 2 is 2.11 bits per heavy atom. The van der Waals surface area contributed by atoms with Gasteiger partial charge in [-0.2, -0.15) is 0 Å². The Balaban J connectivity index is 2.59. The monoisotopic (exact) mass is 269 g/mol. The molecule has 0 aliphatic heterocycles. The van der Waals surface area contributed by atoms with Crippen molar-refractivity contribution in [2.24, 2.45) is 5.92 Å². The van der Waals surface area contributed by atoms with Gasteiger partial charge in [-0.1, -0.05) is 13.8 Å². The minimum absolute atomic E-state index is 0.0346. The van der Waals surface area contributed by atoms with Crippen LogP contribution in [0.25, 0.3) is 0 Å². The van der Waals surface area contributed by atoms with E-state index in [4.69, 9.17) is 5.73 Å². The van der Waals surface area contributed by atoms with Crippen molar-refractivity contribution in [2.45, 2.75) is 53.0 Å². The third-order valence-electron chi connectivity index (χ3n) is 2.63. The van der Waals surface area contributed by atoms with Gasteiger partial charge in [-0.05, 0) is 33.1 Å². The molecule has 1 heterocycles. The average Bonchev–Trinajstić information content (AvgIpc) is 2.40. The summed E-state index contributed by atoms with van der Waals surface area (Å²) < 4.78 is 0. The number of nitrogen functional groups attached to an aromatic ring is 1. The molecule has 1 aromatic heterocycles. The molecule has 0 aromatic carbocycles. The van der Waals surface area contributed by atoms with Crippen molar-refractivity contribution in [3.63, 3.8) is 0 Å². The number of aryl methyl sites for hydroxylation is 1. The van der Waals surface area contributed by atoms with Crippen molar-refractivity contribution in [1.82, 2.24) is 10.3 Å². The number of nitrogens with two attached hydrogens (primary N) is 1. The van der Waals surface area contributed by atoms with Crippen LogP contribution >= 0.6 is 11.3 Å². The maximum atomic E-state index is 12.0. The number of rotatable bonds is 5. The zero-order valence-corrected chi connectivity index (χ0v) is 12.6. The maximum Gasteiger partial charge on any atom is 0.225 e. The minimum atomic E-state index is -0.171. The smallest absolute Gasteiger partial charge is 0.225 e. The van der Waals surface area contributed by atoms with Gasteiger partial charge in [0.15, 0.2) is 5.13 Å². The zero-order valence-electron chi connectivity index (χ0n) is 11.8. The van der Waals surface area contributed by atoms with Gasteiger partial charge >= 0.3 is 0 Å². The predicted octanol–water partition coefficient (Wildman–Crippen LogP) is 2.52. The van der Waals surface area contributed by atoms with Gasteiger partial charge in [0.2, 0.25) is 5.91 Å². The Bertz CT molecular complexity index is 424. The molecule has 1 aromatic rings. The predicted molar refractivity (Wildman–Crippen MR) is 76.6 cm³/mol. The molecule has 0 aliphatic rings. The summed E-state index contributed by atoms with van der Waals surface area (Å²) in [5.41, 5.74) is 6.31. The summed E-state index contributed by atoms with van der Waals surface area (Å²) in [7, 11) is 0. The largest absolute Gasteiger partial charge is 0.375 e. The summed E-state index contributed by atoms with van der Waals surface area (Å²) in [5.74, 6) is 0.591. The number of anilines is 1. The van der Waals surface area contributed by atoms with Crippen LogP contribution in [0.3, 0.4) is 0 Å². The number of nitrogens with zero attached hydrogens (tertiary/aromatic N) is 1. The summed E-state index contributed by atoms with van der Waals surface area (Å²) in [6, 6.07) is 0. The van der Waals surface area contributed by atoms with Crippen LogP contribution in [-0.2, 0) is 11.2 Å². The van der Waals surface area contributed by atoms with E-state index < -0.39 is 0 Å². The topological polar surface area (TPSA) is 68.0 Å². The van der Waals surface area contributed by atoms with E-state index in [2.05, 4.69) is 38.0 Å². The van der Waals surface area contributed by atoms with Gasteiger partial charge in [0, 0.05) is 10.4 Å². The number of hydrogen-bond acceptors (Lipinski definition) is 4. The van der Waals surface area contributed by atoms with Gasteiger partial charge in [-0.25, -0.2) is 4.98 Å². The summed E-state index contributed by atoms with van der Waals surface area (Å²) in [5, 5.41) is 3.60. The molecule has 0 fully saturated rings. The van der Waals surface area contributed by atoms with Gasteiger partial charge in [-0.3, -0.25) is 4.79 Å². The number of thiazole rings is 1. The van der Waals surface area contributed by atoms with E-state index in [1.165, 1.54) is 11.3 Å². The van der Waals surface area contributed by atoms with Crippen molar-refractivity contribution in [3.8, 4) is 0 Å². The summed E-state index contributed by atoms with van der Waals surface area (Å²) in [6.45, 7) is 10.3. The summed E-state index contributed by atoms with van der Waals surface area (Å²) in [4.78, 5) is 17.1. The normalized spacial score (nSPS) is 11.9. The van der Waals surface area contributed by atoms with Crippen LogP contribution in [0.4, 0.5) is 5.13 Å². The van der Waals surface area contributed by atoms with E-state index in [0.717, 1.165) is 17.0 Å². The average molecular weight is 269 g/mol. The number of carbonyl (C=O) groups is 1. The first-order chi connectivity index (χ1) is 8.19. The van der Waals surface area contributed by atoms with Gasteiger partial charge in [0.1, 0.15) is 0 Å². The lowest BCUT2D eigenvalue weighted by molar-refractivity contribution is -0.122. The molecule has 0 spiro atoms. The van der Waals surface area contributed by atoms with Crippen LogP contribution in [0.15, 0.2) is 0 Å². The lowest BCUT2D eigenvalue weighted by Gasteiger charge is -2.28. The fraction of sp³-hybridized carbons (Fsp3) is 0.692. The number of amides is 1. The number of aromatic nitrogens is 1. The van der Waals surface area contributed by atoms with Gasteiger partial charge < -0.3 is 11.1 Å². The van der Waals surface area contributed by atoms with Crippen LogP contribution in [0, 0.1) is 12.8 Å². The number of hydrogen-bond donors (Lipinski definition) is 2. The van der Waals surface area contributed by atoms with Gasteiger partial charge in [-0.15, -0.1) is 11.3 Å². The molecule has 0 atom stereocenters. The molecule has 102 valence electrons. The molecule has 1 amide bonds. The number of carbonyl (C=O) groups excluding carboxylic acids is 1. The van der Waals surface area contributed by atoms with Crippen LogP contribution < -0.4 is 11.1 Å². The summed E-state index contributed by atoms with van der Waals surface area (Å²) >= 11 is 1.39. The standard InChI is InChI=1S/C13H23N3OS/c1-8(2)7-13(4,5)16-11(17)6-10-9(3)15-12(14)18-10/h8H,6-7H2,1-5H3,(H2,14,15)(H,16,17). The van der Waals surface area contributed by atoms with E-state index in [9.17, 15) is 4.79 Å². The molecule has 18 heavy (non-hydrogen) atoms. The van der Waals surface area contributed by atoms with E-state index >= 15 is 0 Å². The lowest BCUT2D eigenvalue weighted by Crippen LogP contribution is -2.44. The van der Waals surface area contributed by atoms with Crippen molar-refractivity contribution < 1.29 is 4.79 Å². The first kappa shape index (κ1) is 15.0.